The van der Waals surface area contributed by atoms with Gasteiger partial charge in [0.2, 0.25) is 5.91 Å². The summed E-state index contributed by atoms with van der Waals surface area (Å²) in [5.74, 6) is 0.329. The molecule has 2 aromatic rings. The summed E-state index contributed by atoms with van der Waals surface area (Å²) < 4.78 is 11.5. The fourth-order valence-corrected chi connectivity index (χ4v) is 3.17. The maximum Gasteiger partial charge on any atom is 0.269 e. The zero-order valence-electron chi connectivity index (χ0n) is 13.6. The molecule has 0 spiro atoms. The van der Waals surface area contributed by atoms with Crippen LogP contribution in [0.15, 0.2) is 41.6 Å². The first kappa shape index (κ1) is 15.9. The highest BCUT2D eigenvalue weighted by Gasteiger charge is 2.62. The van der Waals surface area contributed by atoms with E-state index in [1.807, 2.05) is 0 Å². The number of carbonyl (C=O) groups is 2. The first-order valence-electron chi connectivity index (χ1n) is 7.88. The van der Waals surface area contributed by atoms with Gasteiger partial charge in [-0.3, -0.25) is 14.6 Å². The van der Waals surface area contributed by atoms with Crippen LogP contribution >= 0.6 is 0 Å². The number of nitrogens with one attached hydrogen (secondary N) is 1. The quantitative estimate of drug-likeness (QED) is 0.514. The van der Waals surface area contributed by atoms with Crippen molar-refractivity contribution in [2.75, 3.05) is 7.05 Å². The monoisotopic (exact) mass is 351 g/mol. The number of fused-ring (bicyclic) bond motifs is 3. The lowest BCUT2D eigenvalue weighted by atomic mass is 10.1. The molecule has 1 aromatic carbocycles. The molecule has 0 saturated heterocycles. The Bertz CT molecular complexity index is 969. The highest BCUT2D eigenvalue weighted by Crippen LogP contribution is 2.59. The van der Waals surface area contributed by atoms with Gasteiger partial charge in [0.1, 0.15) is 29.0 Å². The Balaban J connectivity index is 1.55. The lowest BCUT2D eigenvalue weighted by Crippen LogP contribution is -2.18. The summed E-state index contributed by atoms with van der Waals surface area (Å²) in [6.45, 7) is 0. The molecule has 0 unspecified atom stereocenters. The largest absolute Gasteiger partial charge is 0.489 e. The van der Waals surface area contributed by atoms with Gasteiger partial charge in [0, 0.05) is 35.7 Å². The molecule has 3 atom stereocenters. The summed E-state index contributed by atoms with van der Waals surface area (Å²) in [6.07, 6.45) is 1.21. The number of rotatable bonds is 4. The third kappa shape index (κ3) is 2.60. The third-order valence-corrected chi connectivity index (χ3v) is 4.41. The van der Waals surface area contributed by atoms with Gasteiger partial charge in [-0.1, -0.05) is 0 Å². The lowest BCUT2D eigenvalue weighted by molar-refractivity contribution is -0.119. The van der Waals surface area contributed by atoms with Crippen LogP contribution in [-0.2, 0) is 4.79 Å². The van der Waals surface area contributed by atoms with Crippen LogP contribution in [0.2, 0.25) is 0 Å². The summed E-state index contributed by atoms with van der Waals surface area (Å²) in [5.41, 5.74) is 9.50. The molecule has 4 rings (SSSR count). The van der Waals surface area contributed by atoms with Crippen molar-refractivity contribution < 1.29 is 19.1 Å². The SMILES string of the molecule is CNC(=O)c1cc(Oc2ccc3c(c2)[C@@H]2[C@H](O3)[C@H]2C(=O)N=[N+]=[N-])ccn1. The van der Waals surface area contributed by atoms with Gasteiger partial charge in [0.05, 0.1) is 5.92 Å². The highest BCUT2D eigenvalue weighted by molar-refractivity contribution is 5.92. The summed E-state index contributed by atoms with van der Waals surface area (Å²) in [6, 6.07) is 8.49. The fraction of sp³-hybridized carbons (Fsp3) is 0.235. The number of aromatic nitrogens is 1. The van der Waals surface area contributed by atoms with Crippen molar-refractivity contribution >= 4 is 11.8 Å². The highest BCUT2D eigenvalue weighted by atomic mass is 16.5. The summed E-state index contributed by atoms with van der Waals surface area (Å²) in [5, 5.41) is 5.66. The molecule has 1 saturated carbocycles. The minimum atomic E-state index is -0.510. The predicted octanol–water partition coefficient (Wildman–Crippen LogP) is 2.54. The summed E-state index contributed by atoms with van der Waals surface area (Å²) >= 11 is 0. The van der Waals surface area contributed by atoms with E-state index in [9.17, 15) is 9.59 Å². The van der Waals surface area contributed by atoms with Crippen LogP contribution in [0.3, 0.4) is 0 Å². The average Bonchev–Trinajstić information content (AvgIpc) is 3.25. The smallest absolute Gasteiger partial charge is 0.269 e. The van der Waals surface area contributed by atoms with Gasteiger partial charge >= 0.3 is 0 Å². The van der Waals surface area contributed by atoms with Gasteiger partial charge in [-0.2, -0.15) is 0 Å². The minimum Gasteiger partial charge on any atom is -0.489 e. The standard InChI is InChI=1S/C17H13N5O4/c1-19-16(23)11-7-9(4-5-20-11)25-8-2-3-12-10(6-8)13-14(15(13)26-12)17(24)21-22-18/h2-7,13-15H,1H3,(H,19,23)/t13-,14-,15-/m0/s1. The van der Waals surface area contributed by atoms with Crippen molar-refractivity contribution in [1.82, 2.24) is 10.3 Å². The second-order valence-corrected chi connectivity index (χ2v) is 5.92. The predicted molar refractivity (Wildman–Crippen MR) is 88.9 cm³/mol. The normalized spacial score (nSPS) is 21.5. The van der Waals surface area contributed by atoms with Crippen LogP contribution in [0.1, 0.15) is 22.0 Å². The molecule has 9 heteroatoms. The first-order chi connectivity index (χ1) is 12.6. The molecule has 1 aliphatic heterocycles. The molecule has 26 heavy (non-hydrogen) atoms. The molecule has 9 nitrogen and oxygen atoms in total. The zero-order chi connectivity index (χ0) is 18.3. The first-order valence-corrected chi connectivity index (χ1v) is 7.88. The Morgan fingerprint density at radius 1 is 1.31 bits per heavy atom. The lowest BCUT2D eigenvalue weighted by Gasteiger charge is -2.10. The average molecular weight is 351 g/mol. The van der Waals surface area contributed by atoms with E-state index < -0.39 is 11.8 Å². The van der Waals surface area contributed by atoms with E-state index >= 15 is 0 Å². The van der Waals surface area contributed by atoms with E-state index in [0.29, 0.717) is 17.2 Å². The van der Waals surface area contributed by atoms with Crippen LogP contribution in [-0.4, -0.2) is 29.9 Å². The van der Waals surface area contributed by atoms with Gasteiger partial charge in [-0.25, -0.2) is 0 Å². The molecule has 2 aliphatic rings. The van der Waals surface area contributed by atoms with Crippen molar-refractivity contribution in [2.45, 2.75) is 12.0 Å². The molecule has 1 fully saturated rings. The van der Waals surface area contributed by atoms with E-state index in [2.05, 4.69) is 20.3 Å². The molecule has 1 N–H and O–H groups in total. The molecule has 1 aliphatic carbocycles. The summed E-state index contributed by atoms with van der Waals surface area (Å²) in [7, 11) is 1.53. The zero-order valence-corrected chi connectivity index (χ0v) is 13.6. The number of ether oxygens (including phenoxy) is 2. The Labute approximate surface area is 147 Å². The van der Waals surface area contributed by atoms with Crippen molar-refractivity contribution in [3.8, 4) is 17.2 Å². The second kappa shape index (κ2) is 6.05. The number of hydrogen-bond donors (Lipinski definition) is 1. The molecule has 1 aromatic heterocycles. The van der Waals surface area contributed by atoms with Gasteiger partial charge in [-0.15, -0.1) is 0 Å². The number of nitrogens with zero attached hydrogens (tertiary/aromatic N) is 4. The molecule has 0 bridgehead atoms. The van der Waals surface area contributed by atoms with Gasteiger partial charge in [0.15, 0.2) is 0 Å². The number of benzene rings is 1. The Morgan fingerprint density at radius 3 is 2.88 bits per heavy atom. The van der Waals surface area contributed by atoms with Gasteiger partial charge in [-0.05, 0) is 34.9 Å². The molecular weight excluding hydrogens is 338 g/mol. The maximum atomic E-state index is 11.8. The van der Waals surface area contributed by atoms with Crippen LogP contribution in [0.25, 0.3) is 10.4 Å². The summed E-state index contributed by atoms with van der Waals surface area (Å²) in [4.78, 5) is 29.9. The second-order valence-electron chi connectivity index (χ2n) is 5.92. The Hall–Kier alpha value is -3.58. The van der Waals surface area contributed by atoms with Crippen LogP contribution in [0.4, 0.5) is 0 Å². The van der Waals surface area contributed by atoms with Crippen molar-refractivity contribution in [3.63, 3.8) is 0 Å². The van der Waals surface area contributed by atoms with E-state index in [1.165, 1.54) is 19.3 Å². The van der Waals surface area contributed by atoms with Crippen LogP contribution in [0, 0.1) is 5.92 Å². The molecule has 2 amide bonds. The van der Waals surface area contributed by atoms with E-state index in [1.54, 1.807) is 24.3 Å². The molecule has 130 valence electrons. The number of hydrogen-bond acceptors (Lipinski definition) is 5. The van der Waals surface area contributed by atoms with Crippen molar-refractivity contribution in [3.05, 3.63) is 58.2 Å². The van der Waals surface area contributed by atoms with Crippen LogP contribution in [0.5, 0.6) is 17.2 Å². The van der Waals surface area contributed by atoms with Crippen molar-refractivity contribution in [1.29, 1.82) is 0 Å². The van der Waals surface area contributed by atoms with Gasteiger partial charge in [0.25, 0.3) is 5.91 Å². The van der Waals surface area contributed by atoms with E-state index in [0.717, 1.165) is 5.56 Å². The fourth-order valence-electron chi connectivity index (χ4n) is 3.17. The minimum absolute atomic E-state index is 0.120. The number of pyridine rings is 1. The van der Waals surface area contributed by atoms with Crippen molar-refractivity contribution in [2.24, 2.45) is 11.0 Å². The molecule has 0 radical (unpaired) electrons. The van der Waals surface area contributed by atoms with E-state index in [4.69, 9.17) is 15.0 Å². The molecule has 2 heterocycles. The number of azide groups is 1. The third-order valence-electron chi connectivity index (χ3n) is 4.41. The number of carbonyl (C=O) groups excluding carboxylic acids is 2. The Morgan fingerprint density at radius 2 is 2.12 bits per heavy atom. The number of amides is 2. The van der Waals surface area contributed by atoms with E-state index in [-0.39, 0.29) is 23.6 Å². The Kier molecular flexibility index (Phi) is 3.70. The topological polar surface area (TPSA) is 126 Å². The molecular formula is C17H13N5O4. The van der Waals surface area contributed by atoms with Gasteiger partial charge < -0.3 is 14.8 Å². The maximum absolute atomic E-state index is 11.8. The van der Waals surface area contributed by atoms with Crippen LogP contribution < -0.4 is 14.8 Å².